The minimum Gasteiger partial charge on any atom is -0.390 e. The van der Waals surface area contributed by atoms with Gasteiger partial charge in [-0.3, -0.25) is 4.79 Å². The average Bonchev–Trinajstić information content (AvgIpc) is 3.36. The van der Waals surface area contributed by atoms with Crippen molar-refractivity contribution < 1.29 is 47.8 Å². The maximum absolute atomic E-state index is 12.3. The van der Waals surface area contributed by atoms with E-state index >= 15 is 0 Å². The van der Waals surface area contributed by atoms with Gasteiger partial charge < -0.3 is 43.0 Å². The summed E-state index contributed by atoms with van der Waals surface area (Å²) in [5.74, 6) is -0.00343. The average molecular weight is 763 g/mol. The van der Waals surface area contributed by atoms with Crippen LogP contribution >= 0.6 is 0 Å². The highest BCUT2D eigenvalue weighted by atomic mass is 16.6. The summed E-state index contributed by atoms with van der Waals surface area (Å²) >= 11 is 0. The minimum absolute atomic E-state index is 0.148. The van der Waals surface area contributed by atoms with E-state index in [1.807, 2.05) is 43.3 Å². The molecule has 15 atom stereocenters. The Morgan fingerprint density at radius 3 is 2.16 bits per heavy atom. The lowest BCUT2D eigenvalue weighted by molar-refractivity contribution is -0.345. The summed E-state index contributed by atoms with van der Waals surface area (Å²) in [5.41, 5.74) is -0.183. The highest BCUT2D eigenvalue weighted by Gasteiger charge is 2.62. The molecule has 10 heteroatoms. The third kappa shape index (κ3) is 7.97. The van der Waals surface area contributed by atoms with Crippen molar-refractivity contribution >= 4 is 5.78 Å². The number of aliphatic hydroxyl groups excluding tert-OH is 1. The third-order valence-electron chi connectivity index (χ3n) is 13.9. The van der Waals surface area contributed by atoms with Crippen LogP contribution in [0.25, 0.3) is 0 Å². The quantitative estimate of drug-likeness (QED) is 0.279. The number of carbonyl (C=O) groups is 1. The van der Waals surface area contributed by atoms with E-state index < -0.39 is 34.6 Å². The Kier molecular flexibility index (Phi) is 11.1. The molecule has 302 valence electrons. The fourth-order valence-corrected chi connectivity index (χ4v) is 10.5. The standard InChI is InChI=1S/C45H62O10/c1-28-21-34-35(24-44(5)36(51-34)22-32(47)41(54-44)29(2)46)50-33-17-18-43(4)37(52-40(28)33)23-38-45(6,55-43)25-39(49-27-31-15-11-8-12-16-31)42(3,53-38)19-20-48-26-30-13-9-7-10-14-30/h7-16,28,32-41,47H,17-27H2,1-6H3/t28-,32+,33+,34+,35-,36-,37+,38-,39-,40-,41-,42+,43-,44+,45+/m1/s1. The zero-order chi connectivity index (χ0) is 38.6. The van der Waals surface area contributed by atoms with Crippen molar-refractivity contribution in [1.29, 1.82) is 0 Å². The van der Waals surface area contributed by atoms with Crippen LogP contribution in [0.3, 0.4) is 0 Å². The topological polar surface area (TPSA) is 111 Å². The number of carbonyl (C=O) groups excluding carboxylic acids is 1. The Morgan fingerprint density at radius 2 is 1.45 bits per heavy atom. The van der Waals surface area contributed by atoms with Crippen LogP contribution in [-0.2, 0) is 55.9 Å². The Labute approximate surface area is 326 Å². The number of benzene rings is 2. The maximum Gasteiger partial charge on any atom is 0.161 e. The largest absolute Gasteiger partial charge is 0.390 e. The molecule has 0 spiro atoms. The second-order valence-corrected chi connectivity index (χ2v) is 18.3. The van der Waals surface area contributed by atoms with Crippen LogP contribution in [0.15, 0.2) is 60.7 Å². The molecule has 8 rings (SSSR count). The molecule has 0 aliphatic carbocycles. The molecule has 0 saturated carbocycles. The molecule has 1 N–H and O–H groups in total. The van der Waals surface area contributed by atoms with E-state index in [1.165, 1.54) is 6.92 Å². The van der Waals surface area contributed by atoms with Crippen molar-refractivity contribution in [1.82, 2.24) is 0 Å². The molecule has 0 amide bonds. The van der Waals surface area contributed by atoms with E-state index in [2.05, 4.69) is 52.0 Å². The van der Waals surface area contributed by atoms with E-state index in [9.17, 15) is 9.90 Å². The van der Waals surface area contributed by atoms with Crippen molar-refractivity contribution in [2.45, 2.75) is 190 Å². The molecule has 6 fully saturated rings. The minimum atomic E-state index is -0.878. The summed E-state index contributed by atoms with van der Waals surface area (Å²) in [6.07, 6.45) is 2.08. The van der Waals surface area contributed by atoms with Crippen LogP contribution in [0.5, 0.6) is 0 Å². The van der Waals surface area contributed by atoms with Gasteiger partial charge >= 0.3 is 0 Å². The molecule has 2 aromatic rings. The molecule has 55 heavy (non-hydrogen) atoms. The Hall–Kier alpha value is -2.25. The molecule has 6 heterocycles. The van der Waals surface area contributed by atoms with Crippen molar-refractivity contribution in [2.24, 2.45) is 5.92 Å². The van der Waals surface area contributed by atoms with E-state index in [-0.39, 0.29) is 60.5 Å². The van der Waals surface area contributed by atoms with E-state index in [0.717, 1.165) is 30.4 Å². The van der Waals surface area contributed by atoms with Gasteiger partial charge in [0, 0.05) is 38.7 Å². The lowest BCUT2D eigenvalue weighted by Crippen LogP contribution is -2.69. The monoisotopic (exact) mass is 762 g/mol. The van der Waals surface area contributed by atoms with E-state index in [4.69, 9.17) is 37.9 Å². The number of ether oxygens (including phenoxy) is 8. The van der Waals surface area contributed by atoms with Crippen LogP contribution in [-0.4, -0.2) is 101 Å². The molecule has 0 aromatic heterocycles. The fourth-order valence-electron chi connectivity index (χ4n) is 10.5. The molecule has 6 saturated heterocycles. The summed E-state index contributed by atoms with van der Waals surface area (Å²) in [6.45, 7) is 13.9. The number of rotatable bonds is 9. The van der Waals surface area contributed by atoms with Gasteiger partial charge in [0.1, 0.15) is 6.10 Å². The van der Waals surface area contributed by atoms with Gasteiger partial charge in [0.2, 0.25) is 0 Å². The fraction of sp³-hybridized carbons (Fsp3) is 0.711. The van der Waals surface area contributed by atoms with Gasteiger partial charge in [-0.15, -0.1) is 0 Å². The summed E-state index contributed by atoms with van der Waals surface area (Å²) in [5, 5.41) is 10.7. The smallest absolute Gasteiger partial charge is 0.161 e. The van der Waals surface area contributed by atoms with Crippen LogP contribution in [0.4, 0.5) is 0 Å². The molecule has 10 nitrogen and oxygen atoms in total. The number of fused-ring (bicyclic) bond motifs is 5. The zero-order valence-electron chi connectivity index (χ0n) is 33.5. The highest BCUT2D eigenvalue weighted by Crippen LogP contribution is 2.53. The Morgan fingerprint density at radius 1 is 0.764 bits per heavy atom. The zero-order valence-corrected chi connectivity index (χ0v) is 33.5. The summed E-state index contributed by atoms with van der Waals surface area (Å²) in [7, 11) is 0. The molecule has 6 aliphatic rings. The van der Waals surface area contributed by atoms with Gasteiger partial charge in [-0.25, -0.2) is 0 Å². The molecular formula is C45H62O10. The number of ketones is 1. The molecule has 0 bridgehead atoms. The van der Waals surface area contributed by atoms with Crippen LogP contribution < -0.4 is 0 Å². The van der Waals surface area contributed by atoms with E-state index in [0.29, 0.717) is 51.9 Å². The lowest BCUT2D eigenvalue weighted by atomic mass is 9.73. The normalized spacial score (nSPS) is 45.4. The SMILES string of the molecule is CC(=O)[C@H]1O[C@@]2(C)C[C@H]3O[C@H]4CC[C@@]5(C)O[C@@]6(C)C[C@@H](OCc7ccccc7)[C@](C)(CCOCc7ccccc7)O[C@@H]6C[C@@H]5O[C@@H]4[C@H](C)C[C@@H]3O[C@@H]2C[C@@H]1O. The van der Waals surface area contributed by atoms with Gasteiger partial charge in [0.25, 0.3) is 0 Å². The summed E-state index contributed by atoms with van der Waals surface area (Å²) in [6, 6.07) is 20.6. The Bertz CT molecular complexity index is 1630. The third-order valence-corrected chi connectivity index (χ3v) is 13.9. The van der Waals surface area contributed by atoms with Crippen molar-refractivity contribution in [3.63, 3.8) is 0 Å². The predicted octanol–water partition coefficient (Wildman–Crippen LogP) is 6.66. The van der Waals surface area contributed by atoms with Gasteiger partial charge in [-0.1, -0.05) is 67.6 Å². The van der Waals surface area contributed by atoms with Crippen molar-refractivity contribution in [3.8, 4) is 0 Å². The first-order chi connectivity index (χ1) is 26.3. The first kappa shape index (κ1) is 39.6. The Balaban J connectivity index is 0.986. The number of hydrogen-bond donors (Lipinski definition) is 1. The van der Waals surface area contributed by atoms with Gasteiger partial charge in [0.15, 0.2) is 5.78 Å². The van der Waals surface area contributed by atoms with Crippen LogP contribution in [0.2, 0.25) is 0 Å². The highest BCUT2D eigenvalue weighted by molar-refractivity contribution is 5.81. The molecule has 6 aliphatic heterocycles. The molecule has 2 aromatic carbocycles. The number of aliphatic hydroxyl groups is 1. The molecule has 0 unspecified atom stereocenters. The first-order valence-corrected chi connectivity index (χ1v) is 20.7. The van der Waals surface area contributed by atoms with Gasteiger partial charge in [-0.05, 0) is 70.9 Å². The maximum atomic E-state index is 12.3. The predicted molar refractivity (Wildman–Crippen MR) is 204 cm³/mol. The van der Waals surface area contributed by atoms with Crippen LogP contribution in [0.1, 0.15) is 104 Å². The van der Waals surface area contributed by atoms with Gasteiger partial charge in [0.05, 0.1) is 90.6 Å². The molecule has 0 radical (unpaired) electrons. The van der Waals surface area contributed by atoms with E-state index in [1.54, 1.807) is 0 Å². The molecular weight excluding hydrogens is 700 g/mol. The number of Topliss-reactive ketones (excluding diaryl/α,β-unsaturated/α-hetero) is 1. The first-order valence-electron chi connectivity index (χ1n) is 20.7. The second-order valence-electron chi connectivity index (χ2n) is 18.3. The summed E-state index contributed by atoms with van der Waals surface area (Å²) in [4.78, 5) is 12.3. The van der Waals surface area contributed by atoms with Crippen molar-refractivity contribution in [2.75, 3.05) is 6.61 Å². The lowest BCUT2D eigenvalue weighted by Gasteiger charge is -2.59. The summed E-state index contributed by atoms with van der Waals surface area (Å²) < 4.78 is 54.7. The van der Waals surface area contributed by atoms with Crippen molar-refractivity contribution in [3.05, 3.63) is 71.8 Å². The van der Waals surface area contributed by atoms with Gasteiger partial charge in [-0.2, -0.15) is 0 Å². The second kappa shape index (κ2) is 15.5. The number of hydrogen-bond acceptors (Lipinski definition) is 10. The van der Waals surface area contributed by atoms with Crippen LogP contribution in [0, 0.1) is 5.92 Å².